The first-order valence-corrected chi connectivity index (χ1v) is 4.89. The van der Waals surface area contributed by atoms with Crippen LogP contribution in [0.4, 0.5) is 0 Å². The van der Waals surface area contributed by atoms with Gasteiger partial charge in [-0.25, -0.2) is 0 Å². The van der Waals surface area contributed by atoms with Crippen molar-refractivity contribution in [2.75, 3.05) is 0 Å². The van der Waals surface area contributed by atoms with Crippen molar-refractivity contribution in [1.29, 1.82) is 5.26 Å². The Labute approximate surface area is 88.0 Å². The predicted molar refractivity (Wildman–Crippen MR) is 54.1 cm³/mol. The zero-order chi connectivity index (χ0) is 10.9. The van der Waals surface area contributed by atoms with E-state index in [-0.39, 0.29) is 0 Å². The molecule has 0 amide bonds. The molecule has 0 saturated heterocycles. The van der Waals surface area contributed by atoms with Crippen LogP contribution in [-0.4, -0.2) is 11.1 Å². The lowest BCUT2D eigenvalue weighted by atomic mass is 9.84. The van der Waals surface area contributed by atoms with Crippen molar-refractivity contribution >= 4 is 5.97 Å². The molecule has 0 spiro atoms. The number of hydrogen-bond donors (Lipinski definition) is 1. The summed E-state index contributed by atoms with van der Waals surface area (Å²) in [5, 5.41) is 18.2. The van der Waals surface area contributed by atoms with Crippen LogP contribution in [0.3, 0.4) is 0 Å². The fraction of sp³-hybridized carbons (Fsp3) is 0.333. The number of carbonyl (C=O) groups is 1. The van der Waals surface area contributed by atoms with Crippen molar-refractivity contribution in [1.82, 2.24) is 0 Å². The van der Waals surface area contributed by atoms with Crippen LogP contribution in [0, 0.1) is 16.7 Å². The first kappa shape index (κ1) is 9.72. The molecule has 15 heavy (non-hydrogen) atoms. The summed E-state index contributed by atoms with van der Waals surface area (Å²) in [5.74, 6) is -1.37. The smallest absolute Gasteiger partial charge is 0.311 e. The Balaban J connectivity index is 2.35. The monoisotopic (exact) mass is 201 g/mol. The number of rotatable bonds is 3. The molecule has 0 bridgehead atoms. The van der Waals surface area contributed by atoms with Crippen LogP contribution in [0.5, 0.6) is 0 Å². The van der Waals surface area contributed by atoms with Gasteiger partial charge in [-0.2, -0.15) is 5.26 Å². The minimum Gasteiger partial charge on any atom is -0.481 e. The fourth-order valence-electron chi connectivity index (χ4n) is 1.92. The van der Waals surface area contributed by atoms with Crippen LogP contribution in [-0.2, 0) is 4.79 Å². The van der Waals surface area contributed by atoms with Crippen LogP contribution in [0.15, 0.2) is 30.3 Å². The highest BCUT2D eigenvalue weighted by atomic mass is 16.4. The van der Waals surface area contributed by atoms with E-state index in [1.54, 1.807) is 0 Å². The molecule has 76 valence electrons. The van der Waals surface area contributed by atoms with Gasteiger partial charge in [0.2, 0.25) is 0 Å². The second-order valence-corrected chi connectivity index (χ2v) is 3.93. The van der Waals surface area contributed by atoms with Gasteiger partial charge in [0.25, 0.3) is 0 Å². The lowest BCUT2D eigenvalue weighted by Gasteiger charge is -2.16. The minimum absolute atomic E-state index is 0.517. The third kappa shape index (κ3) is 1.48. The molecule has 0 radical (unpaired) electrons. The highest BCUT2D eigenvalue weighted by Crippen LogP contribution is 2.55. The number of nitriles is 1. The largest absolute Gasteiger partial charge is 0.481 e. The summed E-state index contributed by atoms with van der Waals surface area (Å²) in [7, 11) is 0. The van der Waals surface area contributed by atoms with Crippen LogP contribution < -0.4 is 0 Å². The van der Waals surface area contributed by atoms with Crippen molar-refractivity contribution in [2.45, 2.75) is 18.8 Å². The van der Waals surface area contributed by atoms with Crippen molar-refractivity contribution in [3.8, 4) is 6.07 Å². The second kappa shape index (κ2) is 3.39. The Hall–Kier alpha value is -1.82. The normalized spacial score (nSPS) is 18.9. The summed E-state index contributed by atoms with van der Waals surface area (Å²) in [6, 6.07) is 11.3. The first-order valence-electron chi connectivity index (χ1n) is 4.89. The summed E-state index contributed by atoms with van der Waals surface area (Å²) < 4.78 is 0. The molecule has 1 N–H and O–H groups in total. The van der Waals surface area contributed by atoms with Gasteiger partial charge in [-0.1, -0.05) is 30.3 Å². The Bertz CT molecular complexity index is 415. The van der Waals surface area contributed by atoms with Crippen molar-refractivity contribution in [3.05, 3.63) is 35.9 Å². The summed E-state index contributed by atoms with van der Waals surface area (Å²) in [5.41, 5.74) is -0.0178. The molecule has 1 fully saturated rings. The lowest BCUT2D eigenvalue weighted by molar-refractivity contribution is -0.143. The lowest BCUT2D eigenvalue weighted by Crippen LogP contribution is -2.22. The molecular formula is C12H11NO2. The summed E-state index contributed by atoms with van der Waals surface area (Å²) in [6.07, 6.45) is 1.21. The molecule has 1 saturated carbocycles. The Morgan fingerprint density at radius 1 is 1.40 bits per heavy atom. The van der Waals surface area contributed by atoms with E-state index in [4.69, 9.17) is 10.4 Å². The average Bonchev–Trinajstić information content (AvgIpc) is 3.02. The molecule has 0 heterocycles. The molecule has 3 heteroatoms. The second-order valence-electron chi connectivity index (χ2n) is 3.93. The molecule has 1 atom stereocenters. The molecule has 0 aromatic heterocycles. The maximum Gasteiger partial charge on any atom is 0.311 e. The Morgan fingerprint density at radius 3 is 2.40 bits per heavy atom. The van der Waals surface area contributed by atoms with Crippen LogP contribution >= 0.6 is 0 Å². The van der Waals surface area contributed by atoms with Gasteiger partial charge in [0.1, 0.15) is 0 Å². The van der Waals surface area contributed by atoms with Gasteiger partial charge in [0.15, 0.2) is 0 Å². The highest BCUT2D eigenvalue weighted by Gasteiger charge is 2.56. The van der Waals surface area contributed by atoms with E-state index in [1.807, 2.05) is 30.3 Å². The molecule has 2 rings (SSSR count). The molecule has 1 aromatic carbocycles. The number of carboxylic acids is 1. The average molecular weight is 201 g/mol. The number of hydrogen-bond acceptors (Lipinski definition) is 2. The van der Waals surface area contributed by atoms with Crippen molar-refractivity contribution < 1.29 is 9.90 Å². The third-order valence-electron chi connectivity index (χ3n) is 3.03. The van der Waals surface area contributed by atoms with Gasteiger partial charge in [0, 0.05) is 0 Å². The fourth-order valence-corrected chi connectivity index (χ4v) is 1.92. The van der Waals surface area contributed by atoms with Crippen molar-refractivity contribution in [3.63, 3.8) is 0 Å². The van der Waals surface area contributed by atoms with E-state index in [2.05, 4.69) is 6.07 Å². The molecule has 1 aromatic rings. The zero-order valence-corrected chi connectivity index (χ0v) is 8.18. The SMILES string of the molecule is N#CC(c1ccccc1)C1(C(=O)O)CC1. The highest BCUT2D eigenvalue weighted by molar-refractivity contribution is 5.80. The van der Waals surface area contributed by atoms with Gasteiger partial charge in [-0.05, 0) is 18.4 Å². The Kier molecular flexibility index (Phi) is 2.20. The topological polar surface area (TPSA) is 61.1 Å². The molecule has 1 unspecified atom stereocenters. The summed E-state index contributed by atoms with van der Waals surface area (Å²) >= 11 is 0. The number of benzene rings is 1. The van der Waals surface area contributed by atoms with E-state index in [1.165, 1.54) is 0 Å². The summed E-state index contributed by atoms with van der Waals surface area (Å²) in [6.45, 7) is 0. The predicted octanol–water partition coefficient (Wildman–Crippen LogP) is 2.16. The van der Waals surface area contributed by atoms with Gasteiger partial charge < -0.3 is 5.11 Å². The van der Waals surface area contributed by atoms with Gasteiger partial charge in [-0.3, -0.25) is 4.79 Å². The number of nitrogens with zero attached hydrogens (tertiary/aromatic N) is 1. The van der Waals surface area contributed by atoms with Gasteiger partial charge in [-0.15, -0.1) is 0 Å². The van der Waals surface area contributed by atoms with Crippen LogP contribution in [0.2, 0.25) is 0 Å². The van der Waals surface area contributed by atoms with E-state index < -0.39 is 17.3 Å². The van der Waals surface area contributed by atoms with Gasteiger partial charge >= 0.3 is 5.97 Å². The van der Waals surface area contributed by atoms with Gasteiger partial charge in [0.05, 0.1) is 17.4 Å². The maximum absolute atomic E-state index is 11.1. The molecular weight excluding hydrogens is 190 g/mol. The first-order chi connectivity index (χ1) is 7.20. The van der Waals surface area contributed by atoms with Crippen molar-refractivity contribution in [2.24, 2.45) is 5.41 Å². The zero-order valence-electron chi connectivity index (χ0n) is 8.18. The van der Waals surface area contributed by atoms with E-state index in [0.29, 0.717) is 12.8 Å². The van der Waals surface area contributed by atoms with E-state index in [9.17, 15) is 4.79 Å². The quantitative estimate of drug-likeness (QED) is 0.815. The molecule has 1 aliphatic carbocycles. The Morgan fingerprint density at radius 2 is 2.00 bits per heavy atom. The standard InChI is InChI=1S/C12H11NO2/c13-8-10(9-4-2-1-3-5-9)12(6-7-12)11(14)15/h1-5,10H,6-7H2,(H,14,15). The molecule has 0 aliphatic heterocycles. The molecule has 1 aliphatic rings. The van der Waals surface area contributed by atoms with Crippen LogP contribution in [0.1, 0.15) is 24.3 Å². The summed E-state index contributed by atoms with van der Waals surface area (Å²) in [4.78, 5) is 11.1. The maximum atomic E-state index is 11.1. The minimum atomic E-state index is -0.849. The molecule has 3 nitrogen and oxygen atoms in total. The van der Waals surface area contributed by atoms with Crippen LogP contribution in [0.25, 0.3) is 0 Å². The van der Waals surface area contributed by atoms with E-state index >= 15 is 0 Å². The number of carboxylic acid groups (broad SMARTS) is 1. The number of aliphatic carboxylic acids is 1. The third-order valence-corrected chi connectivity index (χ3v) is 3.03. The van der Waals surface area contributed by atoms with E-state index in [0.717, 1.165) is 5.56 Å².